The molecule has 3 heterocycles. The van der Waals surface area contributed by atoms with Crippen LogP contribution in [0, 0.1) is 17.8 Å². The number of nitrogens with zero attached hydrogens (tertiary/aromatic N) is 2. The number of unbranched alkanes of at least 4 members (excludes halogenated alkanes) is 5. The van der Waals surface area contributed by atoms with Gasteiger partial charge in [0.15, 0.2) is 6.23 Å². The Kier molecular flexibility index (Phi) is 24.3. The van der Waals surface area contributed by atoms with Crippen molar-refractivity contribution in [2.24, 2.45) is 23.5 Å². The minimum atomic E-state index is -2.36. The number of carbonyl (C=O) groups is 8. The fourth-order valence-electron chi connectivity index (χ4n) is 10.1. The molecule has 0 radical (unpaired) electrons. The molecule has 1 aromatic rings. The summed E-state index contributed by atoms with van der Waals surface area (Å²) < 4.78 is 0. The van der Waals surface area contributed by atoms with Crippen LogP contribution >= 0.6 is 0 Å². The number of rotatable bonds is 20. The maximum atomic E-state index is 14.6. The normalized spacial score (nSPS) is 29.8. The highest BCUT2D eigenvalue weighted by Gasteiger charge is 2.51. The Morgan fingerprint density at radius 2 is 1.34 bits per heavy atom. The van der Waals surface area contributed by atoms with E-state index in [0.717, 1.165) is 74.6 Å². The van der Waals surface area contributed by atoms with Crippen LogP contribution in [0.3, 0.4) is 0 Å². The zero-order valence-corrected chi connectivity index (χ0v) is 44.0. The lowest BCUT2D eigenvalue weighted by Crippen LogP contribution is -2.64. The summed E-state index contributed by atoms with van der Waals surface area (Å²) >= 11 is 0. The fourth-order valence-corrected chi connectivity index (χ4v) is 10.1. The average Bonchev–Trinajstić information content (AvgIpc) is 3.90. The van der Waals surface area contributed by atoms with E-state index < -0.39 is 171 Å². The zero-order chi connectivity index (χ0) is 56.7. The number of hydrogen-bond acceptors (Lipinski definition) is 17. The summed E-state index contributed by atoms with van der Waals surface area (Å²) in [7, 11) is 0. The molecule has 0 aromatic heterocycles. The van der Waals surface area contributed by atoms with Crippen molar-refractivity contribution >= 4 is 47.3 Å². The highest BCUT2D eigenvalue weighted by atomic mass is 16.3. The summed E-state index contributed by atoms with van der Waals surface area (Å²) in [6.07, 6.45) is -10.1. The molecule has 0 saturated carbocycles. The molecule has 16 N–H and O–H groups in total. The Morgan fingerprint density at radius 3 is 1.96 bits per heavy atom. The maximum Gasteiger partial charge on any atom is 0.248 e. The van der Waals surface area contributed by atoms with Crippen molar-refractivity contribution in [3.63, 3.8) is 0 Å². The van der Waals surface area contributed by atoms with E-state index in [2.05, 4.69) is 47.4 Å². The van der Waals surface area contributed by atoms with Crippen LogP contribution in [0.4, 0.5) is 0 Å². The number of carbonyl (C=O) groups excluding carboxylic acids is 8. The van der Waals surface area contributed by atoms with E-state index in [0.29, 0.717) is 29.6 Å². The monoisotopic (exact) mass is 1080 g/mol. The minimum Gasteiger partial charge on any atom is -0.508 e. The van der Waals surface area contributed by atoms with Crippen molar-refractivity contribution in [2.45, 2.75) is 203 Å². The Hall–Kier alpha value is -5.54. The summed E-state index contributed by atoms with van der Waals surface area (Å²) in [6.45, 7) is 8.17. The van der Waals surface area contributed by atoms with Crippen LogP contribution in [-0.4, -0.2) is 195 Å². The zero-order valence-electron chi connectivity index (χ0n) is 44.0. The van der Waals surface area contributed by atoms with Crippen molar-refractivity contribution in [3.05, 3.63) is 29.8 Å². The number of aliphatic hydroxyl groups is 8. The van der Waals surface area contributed by atoms with Gasteiger partial charge in [0.25, 0.3) is 0 Å². The molecule has 11 unspecified atom stereocenters. The van der Waals surface area contributed by atoms with Gasteiger partial charge >= 0.3 is 0 Å². The van der Waals surface area contributed by atoms with E-state index in [9.17, 15) is 84.3 Å². The molecule has 3 fully saturated rings. The summed E-state index contributed by atoms with van der Waals surface area (Å²) in [4.78, 5) is 113. The van der Waals surface area contributed by atoms with Crippen molar-refractivity contribution in [3.8, 4) is 5.75 Å². The lowest BCUT2D eigenvalue weighted by Gasteiger charge is -2.34. The standard InChI is InChI=1S/C51H82N8O17/c1-6-25(2)19-26(3)13-11-9-7-8-10-12-14-36(65)53-32-21-37(66)54-38(28(5)60)50(75)58-24-31(62)20-33(58)46(71)56-40(45(70)43(68)29-15-17-30(61)18-16-29)47(72)55-39(34(63)22-35(52)64)51(76)59-23-27(4)42(67)41(59)48(73)57-49(74)44(32)69/h15-18,25-28,31-34,38-45,49,60-63,67-70,74H,6-14,19-24H2,1-5H3,(H2,52,64)(H,53,65)(H,54,66)(H,55,72)(H,56,71)(H,57,73)/t25?,26?,27?,28-,31?,32-,33+,34-,38?,39?,40?,41+,42?,43?,44?,45+,49?/m1/s1. The van der Waals surface area contributed by atoms with Crippen LogP contribution in [0.5, 0.6) is 5.75 Å². The van der Waals surface area contributed by atoms with Crippen LogP contribution in [0.15, 0.2) is 24.3 Å². The number of nitrogens with two attached hydrogens (primary N) is 1. The molecule has 17 atom stereocenters. The first-order chi connectivity index (χ1) is 35.7. The van der Waals surface area contributed by atoms with Gasteiger partial charge in [0.2, 0.25) is 47.3 Å². The number of benzene rings is 1. The summed E-state index contributed by atoms with van der Waals surface area (Å²) in [5.74, 6) is -9.45. The van der Waals surface area contributed by atoms with Gasteiger partial charge in [-0.15, -0.1) is 0 Å². The smallest absolute Gasteiger partial charge is 0.248 e. The van der Waals surface area contributed by atoms with E-state index in [-0.39, 0.29) is 17.7 Å². The Labute approximate surface area is 442 Å². The molecule has 428 valence electrons. The first kappa shape index (κ1) is 63.0. The minimum absolute atomic E-state index is 0.0784. The second-order valence-electron chi connectivity index (χ2n) is 21.2. The second kappa shape index (κ2) is 29.3. The number of amides is 8. The molecule has 25 nitrogen and oxygen atoms in total. The SMILES string of the molecule is CCC(C)CC(C)CCCCCCCCC(=O)N[C@@H]1CC(=O)NC([C@@H](C)O)C(=O)N2CC(O)C[C@H]2C(=O)NC([C@H](O)C(O)c2ccc(O)cc2)C(=O)NC([C@H](O)CC(N)=O)C(=O)N2CC(C)C(O)[C@H]2C(=O)NC(O)C1O. The highest BCUT2D eigenvalue weighted by molar-refractivity contribution is 5.98. The summed E-state index contributed by atoms with van der Waals surface area (Å²) in [5.41, 5.74) is 5.24. The third-order valence-corrected chi connectivity index (χ3v) is 14.7. The number of phenols is 1. The molecule has 1 aromatic carbocycles. The highest BCUT2D eigenvalue weighted by Crippen LogP contribution is 2.28. The van der Waals surface area contributed by atoms with Gasteiger partial charge in [-0.3, -0.25) is 38.4 Å². The largest absolute Gasteiger partial charge is 0.508 e. The van der Waals surface area contributed by atoms with Gasteiger partial charge in [0.1, 0.15) is 54.3 Å². The summed E-state index contributed by atoms with van der Waals surface area (Å²) in [5, 5.41) is 111. The number of primary amides is 1. The third kappa shape index (κ3) is 17.5. The third-order valence-electron chi connectivity index (χ3n) is 14.7. The number of phenolic OH excluding ortho intramolecular Hbond substituents is 1. The number of aliphatic hydroxyl groups excluding tert-OH is 8. The van der Waals surface area contributed by atoms with Gasteiger partial charge in [0, 0.05) is 38.3 Å². The molecular formula is C51H82N8O17. The topological polar surface area (TPSA) is 411 Å². The van der Waals surface area contributed by atoms with Crippen LogP contribution in [-0.2, 0) is 38.4 Å². The Bertz CT molecular complexity index is 2140. The van der Waals surface area contributed by atoms with E-state index in [1.807, 2.05) is 0 Å². The van der Waals surface area contributed by atoms with Gasteiger partial charge < -0.3 is 88.1 Å². The molecule has 8 amide bonds. The molecule has 76 heavy (non-hydrogen) atoms. The van der Waals surface area contributed by atoms with Gasteiger partial charge in [-0.1, -0.05) is 84.8 Å². The first-order valence-corrected chi connectivity index (χ1v) is 26.4. The lowest BCUT2D eigenvalue weighted by molar-refractivity contribution is -0.149. The van der Waals surface area contributed by atoms with Crippen LogP contribution < -0.4 is 32.3 Å². The number of fused-ring (bicyclic) bond motifs is 2. The second-order valence-corrected chi connectivity index (χ2v) is 21.2. The van der Waals surface area contributed by atoms with Crippen LogP contribution in [0.1, 0.15) is 130 Å². The fraction of sp³-hybridized carbons (Fsp3) is 0.725. The summed E-state index contributed by atoms with van der Waals surface area (Å²) in [6, 6.07) is -7.33. The lowest BCUT2D eigenvalue weighted by atomic mass is 9.91. The van der Waals surface area contributed by atoms with Gasteiger partial charge in [-0.2, -0.15) is 0 Å². The molecule has 25 heteroatoms. The van der Waals surface area contributed by atoms with Gasteiger partial charge in [-0.25, -0.2) is 0 Å². The van der Waals surface area contributed by atoms with Crippen LogP contribution in [0.2, 0.25) is 0 Å². The van der Waals surface area contributed by atoms with E-state index in [1.54, 1.807) is 0 Å². The molecule has 4 rings (SSSR count). The van der Waals surface area contributed by atoms with Gasteiger partial charge in [-0.05, 0) is 49.3 Å². The first-order valence-electron chi connectivity index (χ1n) is 26.4. The molecular weight excluding hydrogens is 997 g/mol. The molecule has 3 aliphatic rings. The maximum absolute atomic E-state index is 14.6. The Morgan fingerprint density at radius 1 is 0.737 bits per heavy atom. The van der Waals surface area contributed by atoms with Crippen molar-refractivity contribution in [2.75, 3.05) is 13.1 Å². The quantitative estimate of drug-likeness (QED) is 0.0575. The van der Waals surface area contributed by atoms with Gasteiger partial charge in [0.05, 0.1) is 36.9 Å². The van der Waals surface area contributed by atoms with Crippen molar-refractivity contribution in [1.29, 1.82) is 0 Å². The van der Waals surface area contributed by atoms with E-state index >= 15 is 0 Å². The number of nitrogens with one attached hydrogen (secondary N) is 5. The Balaban J connectivity index is 1.70. The van der Waals surface area contributed by atoms with Crippen molar-refractivity contribution < 1.29 is 84.3 Å². The van der Waals surface area contributed by atoms with Crippen molar-refractivity contribution in [1.82, 2.24) is 36.4 Å². The molecule has 0 aliphatic carbocycles. The predicted molar refractivity (Wildman–Crippen MR) is 270 cm³/mol. The molecule has 0 spiro atoms. The molecule has 3 saturated heterocycles. The van der Waals surface area contributed by atoms with Crippen LogP contribution in [0.25, 0.3) is 0 Å². The average molecular weight is 1080 g/mol. The predicted octanol–water partition coefficient (Wildman–Crippen LogP) is -3.10. The molecule has 0 bridgehead atoms. The van der Waals surface area contributed by atoms with E-state index in [1.165, 1.54) is 13.3 Å². The number of hydrogen-bond donors (Lipinski definition) is 15. The molecule has 3 aliphatic heterocycles. The number of aromatic hydroxyl groups is 1. The van der Waals surface area contributed by atoms with E-state index in [4.69, 9.17) is 5.73 Å².